The van der Waals surface area contributed by atoms with Crippen molar-refractivity contribution in [2.45, 2.75) is 19.6 Å². The van der Waals surface area contributed by atoms with Crippen LogP contribution in [0.25, 0.3) is 0 Å². The van der Waals surface area contributed by atoms with E-state index in [2.05, 4.69) is 15.3 Å². The van der Waals surface area contributed by atoms with Crippen molar-refractivity contribution in [2.75, 3.05) is 0 Å². The molecule has 5 heteroatoms. The molecule has 3 N–H and O–H groups in total. The van der Waals surface area contributed by atoms with Gasteiger partial charge in [0.25, 0.3) is 0 Å². The maximum absolute atomic E-state index is 5.74. The minimum Gasteiger partial charge on any atom is -0.356 e. The second-order valence-electron chi connectivity index (χ2n) is 2.64. The molecule has 1 aromatic rings. The number of nitrogens with zero attached hydrogens (tertiary/aromatic N) is 3. The second-order valence-corrected chi connectivity index (χ2v) is 2.64. The fraction of sp³-hybridized carbons (Fsp3) is 0.429. The van der Waals surface area contributed by atoms with Gasteiger partial charge in [0.05, 0.1) is 12.7 Å². The number of hydrogen-bond acceptors (Lipinski definition) is 4. The minimum absolute atomic E-state index is 0.217. The lowest BCUT2D eigenvalue weighted by Crippen LogP contribution is -2.30. The molecule has 1 aromatic heterocycles. The molecule has 1 atom stereocenters. The summed E-state index contributed by atoms with van der Waals surface area (Å²) in [7, 11) is 0. The van der Waals surface area contributed by atoms with Crippen LogP contribution in [0.5, 0.6) is 0 Å². The first-order chi connectivity index (χ1) is 5.83. The number of imidazole rings is 1. The van der Waals surface area contributed by atoms with Gasteiger partial charge in [0.15, 0.2) is 5.82 Å². The molecule has 0 bridgehead atoms. The maximum Gasteiger partial charge on any atom is 0.160 e. The van der Waals surface area contributed by atoms with Crippen LogP contribution in [-0.4, -0.2) is 15.9 Å². The van der Waals surface area contributed by atoms with Crippen LogP contribution in [-0.2, 0) is 6.54 Å². The Labute approximate surface area is 70.3 Å². The van der Waals surface area contributed by atoms with Gasteiger partial charge in [0.1, 0.15) is 11.9 Å². The summed E-state index contributed by atoms with van der Waals surface area (Å²) < 4.78 is 1.96. The van der Waals surface area contributed by atoms with Gasteiger partial charge in [-0.05, 0) is 6.92 Å². The molecular weight excluding hydrogens is 154 g/mol. The Morgan fingerprint density at radius 3 is 3.33 bits per heavy atom. The first-order valence-electron chi connectivity index (χ1n) is 3.92. The van der Waals surface area contributed by atoms with E-state index in [1.165, 1.54) is 0 Å². The molecule has 0 radical (unpaired) electrons. The van der Waals surface area contributed by atoms with Crippen molar-refractivity contribution < 1.29 is 0 Å². The number of aromatic nitrogens is 2. The highest BCUT2D eigenvalue weighted by Crippen LogP contribution is 2.23. The first kappa shape index (κ1) is 7.30. The molecule has 2 heterocycles. The highest BCUT2D eigenvalue weighted by atomic mass is 15.2. The third kappa shape index (κ3) is 0.902. The topological polar surface area (TPSA) is 68.2 Å². The van der Waals surface area contributed by atoms with Gasteiger partial charge in [-0.3, -0.25) is 0 Å². The first-order valence-corrected chi connectivity index (χ1v) is 3.92. The van der Waals surface area contributed by atoms with Gasteiger partial charge in [-0.2, -0.15) is 0 Å². The Hall–Kier alpha value is -1.36. The summed E-state index contributed by atoms with van der Waals surface area (Å²) in [6.07, 6.45) is 3.15. The van der Waals surface area contributed by atoms with Crippen LogP contribution in [0.4, 0.5) is 5.82 Å². The zero-order chi connectivity index (χ0) is 8.55. The van der Waals surface area contributed by atoms with Crippen LogP contribution >= 0.6 is 0 Å². The standard InChI is InChI=1S/C7H11N5/c1-2-12-4-11-5-6(8)9-3-10-7(5)12/h3-4,6H,2,8H2,1H3,(H,9,10). The summed E-state index contributed by atoms with van der Waals surface area (Å²) in [5.74, 6) is 0.865. The van der Waals surface area contributed by atoms with Crippen molar-refractivity contribution in [1.82, 2.24) is 14.9 Å². The zero-order valence-electron chi connectivity index (χ0n) is 6.86. The molecule has 0 fully saturated rings. The molecule has 5 nitrogen and oxygen atoms in total. The molecule has 0 amide bonds. The van der Waals surface area contributed by atoms with Gasteiger partial charge in [-0.25, -0.2) is 9.98 Å². The Morgan fingerprint density at radius 1 is 1.75 bits per heavy atom. The van der Waals surface area contributed by atoms with Crippen molar-refractivity contribution in [3.8, 4) is 0 Å². The zero-order valence-corrected chi connectivity index (χ0v) is 6.86. The van der Waals surface area contributed by atoms with E-state index in [0.717, 1.165) is 18.1 Å². The number of rotatable bonds is 1. The average Bonchev–Trinajstić information content (AvgIpc) is 2.49. The monoisotopic (exact) mass is 165 g/mol. The molecule has 1 unspecified atom stereocenters. The molecule has 1 aliphatic heterocycles. The van der Waals surface area contributed by atoms with Crippen LogP contribution in [0.1, 0.15) is 18.8 Å². The highest BCUT2D eigenvalue weighted by molar-refractivity contribution is 5.64. The molecule has 0 aromatic carbocycles. The predicted molar refractivity (Wildman–Crippen MR) is 46.1 cm³/mol. The van der Waals surface area contributed by atoms with Crippen LogP contribution in [0.3, 0.4) is 0 Å². The average molecular weight is 165 g/mol. The number of hydrogen-bond donors (Lipinski definition) is 2. The third-order valence-corrected chi connectivity index (χ3v) is 1.91. The van der Waals surface area contributed by atoms with Gasteiger partial charge in [0.2, 0.25) is 0 Å². The van der Waals surface area contributed by atoms with Crippen molar-refractivity contribution in [1.29, 1.82) is 0 Å². The van der Waals surface area contributed by atoms with Crippen LogP contribution in [0.15, 0.2) is 11.3 Å². The van der Waals surface area contributed by atoms with E-state index in [0.29, 0.717) is 0 Å². The molecule has 0 saturated heterocycles. The molecule has 2 rings (SSSR count). The van der Waals surface area contributed by atoms with Gasteiger partial charge >= 0.3 is 0 Å². The van der Waals surface area contributed by atoms with Crippen LogP contribution < -0.4 is 11.1 Å². The lowest BCUT2D eigenvalue weighted by Gasteiger charge is -2.14. The molecular formula is C7H11N5. The molecule has 0 saturated carbocycles. The number of nitrogens with one attached hydrogen (secondary N) is 1. The SMILES string of the molecule is CCn1cnc2c1N=CNC2N. The van der Waals surface area contributed by atoms with Crippen LogP contribution in [0, 0.1) is 0 Å². The predicted octanol–water partition coefficient (Wildman–Crippen LogP) is 0.123. The van der Waals surface area contributed by atoms with E-state index >= 15 is 0 Å². The fourth-order valence-electron chi connectivity index (χ4n) is 1.24. The molecule has 12 heavy (non-hydrogen) atoms. The van der Waals surface area contributed by atoms with Crippen molar-refractivity contribution in [2.24, 2.45) is 10.7 Å². The summed E-state index contributed by atoms with van der Waals surface area (Å²) >= 11 is 0. The van der Waals surface area contributed by atoms with Crippen molar-refractivity contribution >= 4 is 12.2 Å². The van der Waals surface area contributed by atoms with Gasteiger partial charge < -0.3 is 15.6 Å². The minimum atomic E-state index is -0.217. The normalized spacial score (nSPS) is 20.3. The summed E-state index contributed by atoms with van der Waals surface area (Å²) in [6.45, 7) is 2.91. The number of fused-ring (bicyclic) bond motifs is 1. The highest BCUT2D eigenvalue weighted by Gasteiger charge is 2.18. The van der Waals surface area contributed by atoms with Crippen molar-refractivity contribution in [3.05, 3.63) is 12.0 Å². The van der Waals surface area contributed by atoms with E-state index in [9.17, 15) is 0 Å². The summed E-state index contributed by atoms with van der Waals surface area (Å²) in [5.41, 5.74) is 6.56. The quantitative estimate of drug-likeness (QED) is 0.621. The lowest BCUT2D eigenvalue weighted by molar-refractivity contribution is 0.657. The number of aliphatic imine (C=N–C) groups is 1. The Morgan fingerprint density at radius 2 is 2.58 bits per heavy atom. The second kappa shape index (κ2) is 2.60. The molecule has 0 aliphatic carbocycles. The smallest absolute Gasteiger partial charge is 0.160 e. The van der Waals surface area contributed by atoms with E-state index in [1.54, 1.807) is 12.7 Å². The third-order valence-electron chi connectivity index (χ3n) is 1.91. The Balaban J connectivity index is 2.50. The van der Waals surface area contributed by atoms with Crippen molar-refractivity contribution in [3.63, 3.8) is 0 Å². The largest absolute Gasteiger partial charge is 0.356 e. The molecule has 64 valence electrons. The lowest BCUT2D eigenvalue weighted by atomic mass is 10.3. The number of nitrogens with two attached hydrogens (primary N) is 1. The maximum atomic E-state index is 5.74. The van der Waals surface area contributed by atoms with Gasteiger partial charge in [-0.1, -0.05) is 0 Å². The van der Waals surface area contributed by atoms with Gasteiger partial charge in [-0.15, -0.1) is 0 Å². The fourth-order valence-corrected chi connectivity index (χ4v) is 1.24. The summed E-state index contributed by atoms with van der Waals surface area (Å²) in [6, 6.07) is 0. The Kier molecular flexibility index (Phi) is 1.58. The molecule has 0 spiro atoms. The van der Waals surface area contributed by atoms with E-state index in [1.807, 2.05) is 11.5 Å². The Bertz CT molecular complexity index is 314. The molecule has 1 aliphatic rings. The van der Waals surface area contributed by atoms with E-state index in [4.69, 9.17) is 5.73 Å². The van der Waals surface area contributed by atoms with E-state index in [-0.39, 0.29) is 6.17 Å². The number of aryl methyl sites for hydroxylation is 1. The summed E-state index contributed by atoms with van der Waals surface area (Å²) in [4.78, 5) is 8.33. The van der Waals surface area contributed by atoms with E-state index < -0.39 is 0 Å². The summed E-state index contributed by atoms with van der Waals surface area (Å²) in [5, 5.41) is 2.89. The van der Waals surface area contributed by atoms with Crippen LogP contribution in [0.2, 0.25) is 0 Å². The van der Waals surface area contributed by atoms with Gasteiger partial charge in [0, 0.05) is 6.54 Å².